The van der Waals surface area contributed by atoms with Gasteiger partial charge in [-0.3, -0.25) is 0 Å². The molecule has 1 radical (unpaired) electrons. The van der Waals surface area contributed by atoms with Crippen LogP contribution in [0.25, 0.3) is 0 Å². The second kappa shape index (κ2) is 3.25. The van der Waals surface area contributed by atoms with E-state index in [2.05, 4.69) is 6.58 Å². The average molecular weight is 101 g/mol. The van der Waals surface area contributed by atoms with Crippen molar-refractivity contribution in [1.29, 1.82) is 0 Å². The van der Waals surface area contributed by atoms with Crippen LogP contribution >= 0.6 is 0 Å². The van der Waals surface area contributed by atoms with Crippen molar-refractivity contribution in [3.8, 4) is 0 Å². The van der Waals surface area contributed by atoms with E-state index in [0.29, 0.717) is 0 Å². The summed E-state index contributed by atoms with van der Waals surface area (Å²) in [5.74, 6) is 0. The standard InChI is InChI=1S/C6H6.Na/c1-6-4-2-3-5-6;/h2-5H,1H2;. The van der Waals surface area contributed by atoms with Gasteiger partial charge in [0.25, 0.3) is 0 Å². The van der Waals surface area contributed by atoms with Crippen LogP contribution in [0.3, 0.4) is 0 Å². The van der Waals surface area contributed by atoms with Gasteiger partial charge in [-0.05, 0) is 5.57 Å². The SMILES string of the molecule is C=C1C=CC=C1.[Na]. The molecule has 1 rings (SSSR count). The fraction of sp³-hybridized carbons (Fsp3) is 0. The summed E-state index contributed by atoms with van der Waals surface area (Å²) in [6, 6.07) is 0. The van der Waals surface area contributed by atoms with Gasteiger partial charge >= 0.3 is 0 Å². The molecular weight excluding hydrogens is 95.1 g/mol. The minimum Gasteiger partial charge on any atom is -0.0918 e. The van der Waals surface area contributed by atoms with Crippen molar-refractivity contribution in [2.24, 2.45) is 0 Å². The van der Waals surface area contributed by atoms with Gasteiger partial charge in [0.15, 0.2) is 0 Å². The van der Waals surface area contributed by atoms with E-state index in [1.165, 1.54) is 0 Å². The predicted octanol–water partition coefficient (Wildman–Crippen LogP) is 1.29. The smallest absolute Gasteiger partial charge is 0 e. The summed E-state index contributed by atoms with van der Waals surface area (Å²) < 4.78 is 0. The molecule has 0 aliphatic heterocycles. The Kier molecular flexibility index (Phi) is 3.35. The molecule has 0 amide bonds. The molecule has 0 saturated heterocycles. The molecule has 0 heterocycles. The molecule has 0 atom stereocenters. The minimum absolute atomic E-state index is 0. The minimum atomic E-state index is 0. The molecule has 0 N–H and O–H groups in total. The normalized spacial score (nSPS) is 14.6. The third-order valence-corrected chi connectivity index (χ3v) is 0.732. The molecule has 0 aromatic heterocycles. The molecule has 0 aromatic carbocycles. The van der Waals surface area contributed by atoms with Crippen molar-refractivity contribution < 1.29 is 0 Å². The largest absolute Gasteiger partial charge is 0.0918 e. The Balaban J connectivity index is 0.000000360. The van der Waals surface area contributed by atoms with Crippen molar-refractivity contribution in [2.75, 3.05) is 0 Å². The van der Waals surface area contributed by atoms with E-state index in [9.17, 15) is 0 Å². The number of hydrogen-bond donors (Lipinski definition) is 0. The molecule has 1 heteroatoms. The van der Waals surface area contributed by atoms with Crippen molar-refractivity contribution in [3.05, 3.63) is 36.5 Å². The van der Waals surface area contributed by atoms with Gasteiger partial charge in [0.2, 0.25) is 0 Å². The molecule has 0 nitrogen and oxygen atoms in total. The van der Waals surface area contributed by atoms with Gasteiger partial charge in [-0.1, -0.05) is 30.9 Å². The number of allylic oxidation sites excluding steroid dienone is 5. The quantitative estimate of drug-likeness (QED) is 0.403. The first-order chi connectivity index (χ1) is 2.89. The maximum Gasteiger partial charge on any atom is 0 e. The van der Waals surface area contributed by atoms with Crippen LogP contribution in [0, 0.1) is 0 Å². The zero-order valence-electron chi connectivity index (χ0n) is 4.52. The number of hydrogen-bond acceptors (Lipinski definition) is 0. The first kappa shape index (κ1) is 7.22. The zero-order chi connectivity index (χ0) is 4.41. The third kappa shape index (κ3) is 2.12. The topological polar surface area (TPSA) is 0 Å². The summed E-state index contributed by atoms with van der Waals surface area (Å²) in [4.78, 5) is 0. The van der Waals surface area contributed by atoms with Crippen molar-refractivity contribution in [2.45, 2.75) is 0 Å². The van der Waals surface area contributed by atoms with Crippen LogP contribution in [0.5, 0.6) is 0 Å². The fourth-order valence-corrected chi connectivity index (χ4v) is 0.414. The summed E-state index contributed by atoms with van der Waals surface area (Å²) in [5, 5.41) is 0. The third-order valence-electron chi connectivity index (χ3n) is 0.732. The summed E-state index contributed by atoms with van der Waals surface area (Å²) in [7, 11) is 0. The van der Waals surface area contributed by atoms with Gasteiger partial charge in [-0.25, -0.2) is 0 Å². The van der Waals surface area contributed by atoms with E-state index in [0.717, 1.165) is 5.57 Å². The molecule has 0 fully saturated rings. The molecule has 1 aliphatic carbocycles. The first-order valence-corrected chi connectivity index (χ1v) is 1.93. The van der Waals surface area contributed by atoms with Crippen LogP contribution in [-0.2, 0) is 0 Å². The Labute approximate surface area is 65.9 Å². The summed E-state index contributed by atoms with van der Waals surface area (Å²) in [5.41, 5.74) is 1.09. The summed E-state index contributed by atoms with van der Waals surface area (Å²) >= 11 is 0. The van der Waals surface area contributed by atoms with E-state index >= 15 is 0 Å². The van der Waals surface area contributed by atoms with E-state index < -0.39 is 0 Å². The van der Waals surface area contributed by atoms with Crippen LogP contribution in [0.2, 0.25) is 0 Å². The molecular formula is C6H6Na. The van der Waals surface area contributed by atoms with Gasteiger partial charge < -0.3 is 0 Å². The van der Waals surface area contributed by atoms with E-state index in [1.807, 2.05) is 24.3 Å². The van der Waals surface area contributed by atoms with Crippen molar-refractivity contribution in [3.63, 3.8) is 0 Å². The Morgan fingerprint density at radius 3 is 1.71 bits per heavy atom. The molecule has 0 spiro atoms. The van der Waals surface area contributed by atoms with Crippen LogP contribution in [0.1, 0.15) is 0 Å². The van der Waals surface area contributed by atoms with Crippen LogP contribution < -0.4 is 0 Å². The van der Waals surface area contributed by atoms with E-state index in [1.54, 1.807) is 0 Å². The summed E-state index contributed by atoms with van der Waals surface area (Å²) in [6.07, 6.45) is 7.89. The van der Waals surface area contributed by atoms with Crippen molar-refractivity contribution >= 4 is 29.6 Å². The maximum atomic E-state index is 3.68. The molecule has 0 aromatic rings. The van der Waals surface area contributed by atoms with E-state index in [-0.39, 0.29) is 29.6 Å². The monoisotopic (exact) mass is 101 g/mol. The average Bonchev–Trinajstić information content (AvgIpc) is 1.86. The Morgan fingerprint density at radius 1 is 1.14 bits per heavy atom. The van der Waals surface area contributed by atoms with Gasteiger partial charge in [0.05, 0.1) is 0 Å². The maximum absolute atomic E-state index is 3.68. The molecule has 31 valence electrons. The molecule has 0 unspecified atom stereocenters. The van der Waals surface area contributed by atoms with Crippen molar-refractivity contribution in [1.82, 2.24) is 0 Å². The van der Waals surface area contributed by atoms with Crippen LogP contribution in [-0.4, -0.2) is 29.6 Å². The Hall–Kier alpha value is 0.220. The van der Waals surface area contributed by atoms with Gasteiger partial charge in [0, 0.05) is 29.6 Å². The fourth-order valence-electron chi connectivity index (χ4n) is 0.414. The van der Waals surface area contributed by atoms with Crippen LogP contribution in [0.4, 0.5) is 0 Å². The van der Waals surface area contributed by atoms with Gasteiger partial charge in [-0.2, -0.15) is 0 Å². The number of rotatable bonds is 0. The van der Waals surface area contributed by atoms with Crippen LogP contribution in [0.15, 0.2) is 36.5 Å². The molecule has 0 saturated carbocycles. The predicted molar refractivity (Wildman–Crippen MR) is 33.2 cm³/mol. The first-order valence-electron chi connectivity index (χ1n) is 1.93. The van der Waals surface area contributed by atoms with E-state index in [4.69, 9.17) is 0 Å². The Morgan fingerprint density at radius 2 is 1.57 bits per heavy atom. The second-order valence-corrected chi connectivity index (χ2v) is 1.29. The zero-order valence-corrected chi connectivity index (χ0v) is 6.52. The molecule has 7 heavy (non-hydrogen) atoms. The molecule has 0 bridgehead atoms. The van der Waals surface area contributed by atoms with Gasteiger partial charge in [0.1, 0.15) is 0 Å². The summed E-state index contributed by atoms with van der Waals surface area (Å²) in [6.45, 7) is 3.68. The Bertz CT molecular complexity index is 106. The molecule has 1 aliphatic rings. The second-order valence-electron chi connectivity index (χ2n) is 1.29. The van der Waals surface area contributed by atoms with Gasteiger partial charge in [-0.15, -0.1) is 0 Å².